The quantitative estimate of drug-likeness (QED) is 0.201. The lowest BCUT2D eigenvalue weighted by atomic mass is 10.1. The van der Waals surface area contributed by atoms with E-state index in [1.807, 2.05) is 36.4 Å². The molecule has 6 aromatic carbocycles. The van der Waals surface area contributed by atoms with Gasteiger partial charge in [-0.15, -0.1) is 0 Å². The van der Waals surface area contributed by atoms with Gasteiger partial charge in [-0.05, 0) is 48.5 Å². The second-order valence-corrected chi connectivity index (χ2v) is 10.7. The third-order valence-electron chi connectivity index (χ3n) is 7.99. The highest BCUT2D eigenvalue weighted by Gasteiger charge is 2.19. The number of anilines is 3. The second-order valence-electron chi connectivity index (χ2n) is 10.7. The molecule has 0 aliphatic carbocycles. The van der Waals surface area contributed by atoms with Crippen LogP contribution in [0.15, 0.2) is 170 Å². The van der Waals surface area contributed by atoms with Gasteiger partial charge in [0.05, 0.1) is 16.7 Å². The first-order valence-corrected chi connectivity index (χ1v) is 14.8. The van der Waals surface area contributed by atoms with Gasteiger partial charge in [0.15, 0.2) is 5.82 Å². The number of benzene rings is 6. The molecule has 8 rings (SSSR count). The Bertz CT molecular complexity index is 2110. The maximum absolute atomic E-state index is 5.17. The van der Waals surface area contributed by atoms with E-state index in [0.717, 1.165) is 56.1 Å². The number of aromatic nitrogens is 3. The summed E-state index contributed by atoms with van der Waals surface area (Å²) in [4.78, 5) is 12.5. The first kappa shape index (κ1) is 25.7. The van der Waals surface area contributed by atoms with E-state index in [0.29, 0.717) is 5.82 Å². The molecule has 0 radical (unpaired) electrons. The average Bonchev–Trinajstić information content (AvgIpc) is 3.44. The minimum Gasteiger partial charge on any atom is -0.310 e. The summed E-state index contributed by atoms with van der Waals surface area (Å²) in [6, 6.07) is 59.0. The van der Waals surface area contributed by atoms with Crippen LogP contribution in [0.3, 0.4) is 0 Å². The molecule has 0 unspecified atom stereocenters. The minimum atomic E-state index is 0.698. The molecule has 0 bridgehead atoms. The number of nitrogens with zero attached hydrogens (tertiary/aromatic N) is 4. The van der Waals surface area contributed by atoms with E-state index in [9.17, 15) is 0 Å². The lowest BCUT2D eigenvalue weighted by molar-refractivity contribution is 1.05. The molecule has 0 aliphatic rings. The normalized spacial score (nSPS) is 11.2. The first-order chi connectivity index (χ1) is 21.8. The summed E-state index contributed by atoms with van der Waals surface area (Å²) in [5.74, 6) is 1.53. The highest BCUT2D eigenvalue weighted by atomic mass is 15.1. The van der Waals surface area contributed by atoms with Crippen LogP contribution in [0.4, 0.5) is 17.1 Å². The number of fused-ring (bicyclic) bond motifs is 3. The van der Waals surface area contributed by atoms with Crippen molar-refractivity contribution >= 4 is 38.9 Å². The van der Waals surface area contributed by atoms with Crippen molar-refractivity contribution in [3.05, 3.63) is 170 Å². The first-order valence-electron chi connectivity index (χ1n) is 14.8. The molecule has 0 aliphatic heterocycles. The van der Waals surface area contributed by atoms with Crippen LogP contribution >= 0.6 is 0 Å². The summed E-state index contributed by atoms with van der Waals surface area (Å²) in [6.45, 7) is 0. The summed E-state index contributed by atoms with van der Waals surface area (Å²) in [6.07, 6.45) is 0. The van der Waals surface area contributed by atoms with Crippen LogP contribution in [-0.4, -0.2) is 14.5 Å². The van der Waals surface area contributed by atoms with Gasteiger partial charge in [0.1, 0.15) is 5.82 Å². The summed E-state index contributed by atoms with van der Waals surface area (Å²) < 4.78 is 2.27. The fourth-order valence-electron chi connectivity index (χ4n) is 5.97. The predicted octanol–water partition coefficient (Wildman–Crippen LogP) is 10.4. The van der Waals surface area contributed by atoms with Crippen LogP contribution in [0.25, 0.3) is 50.3 Å². The van der Waals surface area contributed by atoms with Gasteiger partial charge < -0.3 is 4.90 Å². The molecule has 0 atom stereocenters. The van der Waals surface area contributed by atoms with Crippen LogP contribution in [0.5, 0.6) is 0 Å². The van der Waals surface area contributed by atoms with Gasteiger partial charge in [-0.3, -0.25) is 4.57 Å². The second kappa shape index (κ2) is 11.0. The van der Waals surface area contributed by atoms with E-state index < -0.39 is 0 Å². The van der Waals surface area contributed by atoms with Crippen molar-refractivity contribution in [2.24, 2.45) is 0 Å². The molecule has 44 heavy (non-hydrogen) atoms. The Labute approximate surface area is 256 Å². The number of hydrogen-bond donors (Lipinski definition) is 0. The van der Waals surface area contributed by atoms with Crippen molar-refractivity contribution in [3.8, 4) is 28.5 Å². The van der Waals surface area contributed by atoms with Crippen LogP contribution in [0.2, 0.25) is 0 Å². The van der Waals surface area contributed by atoms with E-state index in [2.05, 4.69) is 143 Å². The van der Waals surface area contributed by atoms with Gasteiger partial charge >= 0.3 is 0 Å². The third kappa shape index (κ3) is 4.59. The van der Waals surface area contributed by atoms with E-state index in [1.165, 1.54) is 5.39 Å². The topological polar surface area (TPSA) is 34.0 Å². The molecule has 0 saturated carbocycles. The molecule has 0 saturated heterocycles. The van der Waals surface area contributed by atoms with Crippen LogP contribution < -0.4 is 4.90 Å². The summed E-state index contributed by atoms with van der Waals surface area (Å²) in [5, 5.41) is 2.34. The van der Waals surface area contributed by atoms with Crippen LogP contribution in [-0.2, 0) is 0 Å². The van der Waals surface area contributed by atoms with E-state index in [1.54, 1.807) is 0 Å². The maximum Gasteiger partial charge on any atom is 0.162 e. The average molecular weight is 565 g/mol. The highest BCUT2D eigenvalue weighted by molar-refractivity contribution is 6.10. The van der Waals surface area contributed by atoms with Crippen molar-refractivity contribution in [3.63, 3.8) is 0 Å². The Hall–Kier alpha value is -6.00. The van der Waals surface area contributed by atoms with Gasteiger partial charge in [0.2, 0.25) is 0 Å². The molecule has 0 fully saturated rings. The van der Waals surface area contributed by atoms with Gasteiger partial charge in [0, 0.05) is 45.0 Å². The van der Waals surface area contributed by atoms with Crippen LogP contribution in [0, 0.1) is 0 Å². The monoisotopic (exact) mass is 564 g/mol. The lowest BCUT2D eigenvalue weighted by Crippen LogP contribution is -2.09. The molecule has 4 heteroatoms. The Morgan fingerprint density at radius 1 is 0.409 bits per heavy atom. The van der Waals surface area contributed by atoms with Gasteiger partial charge in [-0.25, -0.2) is 9.97 Å². The van der Waals surface area contributed by atoms with E-state index in [4.69, 9.17) is 9.97 Å². The van der Waals surface area contributed by atoms with Crippen molar-refractivity contribution in [2.45, 2.75) is 0 Å². The molecule has 208 valence electrons. The molecule has 2 aromatic heterocycles. The van der Waals surface area contributed by atoms with Gasteiger partial charge in [0.25, 0.3) is 0 Å². The molecular weight excluding hydrogens is 536 g/mol. The van der Waals surface area contributed by atoms with Gasteiger partial charge in [-0.2, -0.15) is 0 Å². The van der Waals surface area contributed by atoms with Crippen molar-refractivity contribution in [1.82, 2.24) is 14.5 Å². The lowest BCUT2D eigenvalue weighted by Gasteiger charge is -2.25. The molecule has 8 aromatic rings. The Morgan fingerprint density at radius 2 is 0.955 bits per heavy atom. The third-order valence-corrected chi connectivity index (χ3v) is 7.99. The Morgan fingerprint density at radius 3 is 1.61 bits per heavy atom. The molecule has 0 N–H and O–H groups in total. The zero-order valence-corrected chi connectivity index (χ0v) is 24.0. The maximum atomic E-state index is 5.17. The van der Waals surface area contributed by atoms with E-state index in [-0.39, 0.29) is 0 Å². The summed E-state index contributed by atoms with van der Waals surface area (Å²) in [7, 11) is 0. The van der Waals surface area contributed by atoms with E-state index >= 15 is 0 Å². The summed E-state index contributed by atoms with van der Waals surface area (Å²) in [5.41, 5.74) is 8.42. The SMILES string of the molecule is c1ccc(-c2cc(-n3c4ccccc4c4cc(N(c5ccccc5)c5ccccc5)ccc43)nc(-c3ccccc3)n2)cc1. The number of rotatable bonds is 6. The number of para-hydroxylation sites is 3. The van der Waals surface area contributed by atoms with Crippen molar-refractivity contribution in [2.75, 3.05) is 4.90 Å². The molecule has 0 spiro atoms. The highest BCUT2D eigenvalue weighted by Crippen LogP contribution is 2.39. The zero-order valence-electron chi connectivity index (χ0n) is 24.0. The largest absolute Gasteiger partial charge is 0.310 e. The minimum absolute atomic E-state index is 0.698. The Kier molecular flexibility index (Phi) is 6.43. The fourth-order valence-corrected chi connectivity index (χ4v) is 5.97. The van der Waals surface area contributed by atoms with Crippen molar-refractivity contribution < 1.29 is 0 Å². The summed E-state index contributed by atoms with van der Waals surface area (Å²) >= 11 is 0. The predicted molar refractivity (Wildman–Crippen MR) is 182 cm³/mol. The standard InChI is InChI=1S/C40H28N4/c1-5-15-29(16-6-1)36-28-39(42-40(41-36)30-17-7-2-8-18-30)44-37-24-14-13-23-34(37)35-27-33(25-26-38(35)44)43(31-19-9-3-10-20-31)32-21-11-4-12-22-32/h1-28H. The molecule has 4 nitrogen and oxygen atoms in total. The number of hydrogen-bond acceptors (Lipinski definition) is 3. The zero-order chi connectivity index (χ0) is 29.3. The van der Waals surface area contributed by atoms with Gasteiger partial charge in [-0.1, -0.05) is 115 Å². The Balaban J connectivity index is 1.37. The smallest absolute Gasteiger partial charge is 0.162 e. The van der Waals surface area contributed by atoms with Crippen molar-refractivity contribution in [1.29, 1.82) is 0 Å². The fraction of sp³-hybridized carbons (Fsp3) is 0. The molecule has 2 heterocycles. The molecular formula is C40H28N4. The molecule has 0 amide bonds. The van der Waals surface area contributed by atoms with Crippen LogP contribution in [0.1, 0.15) is 0 Å².